The van der Waals surface area contributed by atoms with E-state index in [1.807, 2.05) is 4.68 Å². The molecular formula is C14H20N4. The lowest BCUT2D eigenvalue weighted by Gasteiger charge is -2.19. The average molecular weight is 244 g/mol. The molecule has 18 heavy (non-hydrogen) atoms. The van der Waals surface area contributed by atoms with Crippen LogP contribution < -0.4 is 5.73 Å². The highest BCUT2D eigenvalue weighted by Crippen LogP contribution is 2.22. The number of aromatic nitrogens is 3. The van der Waals surface area contributed by atoms with Gasteiger partial charge in [-0.3, -0.25) is 0 Å². The zero-order chi connectivity index (χ0) is 13.2. The minimum Gasteiger partial charge on any atom is -0.325 e. The highest BCUT2D eigenvalue weighted by Gasteiger charge is 2.13. The van der Waals surface area contributed by atoms with Gasteiger partial charge in [0.2, 0.25) is 0 Å². The third kappa shape index (κ3) is 2.76. The van der Waals surface area contributed by atoms with Crippen molar-refractivity contribution in [3.05, 3.63) is 47.3 Å². The van der Waals surface area contributed by atoms with Gasteiger partial charge in [0.15, 0.2) is 0 Å². The summed E-state index contributed by atoms with van der Waals surface area (Å²) in [6.45, 7) is 7.83. The maximum Gasteiger partial charge on any atom is 0.0738 e. The van der Waals surface area contributed by atoms with Crippen LogP contribution in [-0.2, 0) is 18.5 Å². The lowest BCUT2D eigenvalue weighted by Crippen LogP contribution is -2.12. The van der Waals surface area contributed by atoms with Gasteiger partial charge in [0, 0.05) is 6.54 Å². The zero-order valence-corrected chi connectivity index (χ0v) is 11.2. The summed E-state index contributed by atoms with van der Waals surface area (Å²) in [6, 6.07) is 8.63. The van der Waals surface area contributed by atoms with E-state index < -0.39 is 0 Å². The molecule has 0 spiro atoms. The molecule has 0 atom stereocenters. The Bertz CT molecular complexity index is 505. The average Bonchev–Trinajstić information content (AvgIpc) is 2.76. The molecule has 1 aromatic carbocycles. The van der Waals surface area contributed by atoms with Gasteiger partial charge in [-0.05, 0) is 16.5 Å². The highest BCUT2D eigenvalue weighted by molar-refractivity contribution is 5.27. The van der Waals surface area contributed by atoms with Crippen molar-refractivity contribution in [2.75, 3.05) is 0 Å². The molecule has 0 aliphatic carbocycles. The van der Waals surface area contributed by atoms with Crippen molar-refractivity contribution in [1.29, 1.82) is 0 Å². The highest BCUT2D eigenvalue weighted by atomic mass is 15.4. The second-order valence-electron chi connectivity index (χ2n) is 5.53. The van der Waals surface area contributed by atoms with Gasteiger partial charge in [0.05, 0.1) is 18.4 Å². The van der Waals surface area contributed by atoms with E-state index in [2.05, 4.69) is 55.3 Å². The van der Waals surface area contributed by atoms with Crippen LogP contribution in [0.5, 0.6) is 0 Å². The minimum absolute atomic E-state index is 0.189. The van der Waals surface area contributed by atoms with Gasteiger partial charge in [-0.25, -0.2) is 4.68 Å². The molecule has 4 heteroatoms. The summed E-state index contributed by atoms with van der Waals surface area (Å²) in [7, 11) is 0. The van der Waals surface area contributed by atoms with Crippen molar-refractivity contribution in [1.82, 2.24) is 15.0 Å². The van der Waals surface area contributed by atoms with E-state index in [0.29, 0.717) is 6.54 Å². The number of benzene rings is 1. The molecule has 0 amide bonds. The van der Waals surface area contributed by atoms with Crippen LogP contribution in [0.4, 0.5) is 0 Å². The summed E-state index contributed by atoms with van der Waals surface area (Å²) in [5.41, 5.74) is 9.32. The molecule has 0 aliphatic rings. The Morgan fingerprint density at radius 2 is 1.83 bits per heavy atom. The van der Waals surface area contributed by atoms with Crippen molar-refractivity contribution < 1.29 is 0 Å². The second kappa shape index (κ2) is 4.90. The maximum atomic E-state index is 5.63. The molecule has 1 heterocycles. The fourth-order valence-corrected chi connectivity index (χ4v) is 1.85. The van der Waals surface area contributed by atoms with Gasteiger partial charge in [0.1, 0.15) is 0 Å². The molecule has 0 radical (unpaired) electrons. The van der Waals surface area contributed by atoms with Gasteiger partial charge < -0.3 is 5.73 Å². The standard InChI is InChI=1S/C14H20N4/c1-14(2,3)12-6-4-11(5-7-12)10-18-13(8-15)9-16-17-18/h4-7,9H,8,10,15H2,1-3H3. The van der Waals surface area contributed by atoms with Crippen LogP contribution in [-0.4, -0.2) is 15.0 Å². The Morgan fingerprint density at radius 3 is 2.39 bits per heavy atom. The third-order valence-electron chi connectivity index (χ3n) is 3.06. The van der Waals surface area contributed by atoms with Crippen LogP contribution in [0, 0.1) is 0 Å². The molecule has 0 fully saturated rings. The molecule has 96 valence electrons. The Labute approximate surface area is 108 Å². The lowest BCUT2D eigenvalue weighted by atomic mass is 9.87. The summed E-state index contributed by atoms with van der Waals surface area (Å²) in [5.74, 6) is 0. The summed E-state index contributed by atoms with van der Waals surface area (Å²) in [5, 5.41) is 7.92. The molecule has 0 unspecified atom stereocenters. The fourth-order valence-electron chi connectivity index (χ4n) is 1.85. The molecule has 0 saturated carbocycles. The van der Waals surface area contributed by atoms with Crippen LogP contribution in [0.25, 0.3) is 0 Å². The van der Waals surface area contributed by atoms with Crippen molar-refractivity contribution in [2.24, 2.45) is 5.73 Å². The normalized spacial score (nSPS) is 11.8. The number of nitrogens with zero attached hydrogens (tertiary/aromatic N) is 3. The second-order valence-corrected chi connectivity index (χ2v) is 5.53. The van der Waals surface area contributed by atoms with Crippen molar-refractivity contribution >= 4 is 0 Å². The summed E-state index contributed by atoms with van der Waals surface area (Å²) >= 11 is 0. The summed E-state index contributed by atoms with van der Waals surface area (Å²) in [6.07, 6.45) is 1.71. The molecule has 1 aromatic heterocycles. The smallest absolute Gasteiger partial charge is 0.0738 e. The predicted molar refractivity (Wildman–Crippen MR) is 72.2 cm³/mol. The SMILES string of the molecule is CC(C)(C)c1ccc(Cn2nncc2CN)cc1. The van der Waals surface area contributed by atoms with E-state index in [1.165, 1.54) is 11.1 Å². The molecule has 2 aromatic rings. The van der Waals surface area contributed by atoms with Crippen LogP contribution in [0.1, 0.15) is 37.6 Å². The van der Waals surface area contributed by atoms with E-state index in [1.54, 1.807) is 6.20 Å². The Kier molecular flexibility index (Phi) is 3.48. The topological polar surface area (TPSA) is 56.7 Å². The van der Waals surface area contributed by atoms with Gasteiger partial charge in [0.25, 0.3) is 0 Å². The van der Waals surface area contributed by atoms with E-state index >= 15 is 0 Å². The van der Waals surface area contributed by atoms with Crippen LogP contribution in [0.2, 0.25) is 0 Å². The first kappa shape index (κ1) is 12.8. The Morgan fingerprint density at radius 1 is 1.17 bits per heavy atom. The first-order valence-corrected chi connectivity index (χ1v) is 6.17. The fraction of sp³-hybridized carbons (Fsp3) is 0.429. The largest absolute Gasteiger partial charge is 0.325 e. The molecular weight excluding hydrogens is 224 g/mol. The number of rotatable bonds is 3. The van der Waals surface area contributed by atoms with E-state index in [-0.39, 0.29) is 5.41 Å². The third-order valence-corrected chi connectivity index (χ3v) is 3.06. The number of hydrogen-bond acceptors (Lipinski definition) is 3. The summed E-state index contributed by atoms with van der Waals surface area (Å²) < 4.78 is 1.84. The Hall–Kier alpha value is -1.68. The minimum atomic E-state index is 0.189. The van der Waals surface area contributed by atoms with E-state index in [0.717, 1.165) is 12.2 Å². The van der Waals surface area contributed by atoms with Crippen LogP contribution in [0.15, 0.2) is 30.5 Å². The van der Waals surface area contributed by atoms with Crippen LogP contribution >= 0.6 is 0 Å². The molecule has 0 bridgehead atoms. The monoisotopic (exact) mass is 244 g/mol. The molecule has 4 nitrogen and oxygen atoms in total. The maximum absolute atomic E-state index is 5.63. The van der Waals surface area contributed by atoms with Gasteiger partial charge in [-0.2, -0.15) is 0 Å². The van der Waals surface area contributed by atoms with E-state index in [4.69, 9.17) is 5.73 Å². The predicted octanol–water partition coefficient (Wildman–Crippen LogP) is 2.08. The molecule has 2 N–H and O–H groups in total. The number of hydrogen-bond donors (Lipinski definition) is 1. The lowest BCUT2D eigenvalue weighted by molar-refractivity contribution is 0.588. The Balaban J connectivity index is 2.16. The van der Waals surface area contributed by atoms with Crippen molar-refractivity contribution in [3.63, 3.8) is 0 Å². The summed E-state index contributed by atoms with van der Waals surface area (Å²) in [4.78, 5) is 0. The first-order chi connectivity index (χ1) is 8.50. The van der Waals surface area contributed by atoms with Crippen molar-refractivity contribution in [2.45, 2.75) is 39.3 Å². The van der Waals surface area contributed by atoms with E-state index in [9.17, 15) is 0 Å². The quantitative estimate of drug-likeness (QED) is 0.899. The van der Waals surface area contributed by atoms with Crippen molar-refractivity contribution in [3.8, 4) is 0 Å². The first-order valence-electron chi connectivity index (χ1n) is 6.17. The van der Waals surface area contributed by atoms with Gasteiger partial charge in [-0.1, -0.05) is 50.3 Å². The molecule has 0 aliphatic heterocycles. The molecule has 0 saturated heterocycles. The zero-order valence-electron chi connectivity index (χ0n) is 11.2. The van der Waals surface area contributed by atoms with Crippen LogP contribution in [0.3, 0.4) is 0 Å². The number of nitrogens with two attached hydrogens (primary N) is 1. The molecule has 2 rings (SSSR count). The van der Waals surface area contributed by atoms with Gasteiger partial charge >= 0.3 is 0 Å². The van der Waals surface area contributed by atoms with Gasteiger partial charge in [-0.15, -0.1) is 5.10 Å².